The van der Waals surface area contributed by atoms with Crippen LogP contribution in [0.2, 0.25) is 0 Å². The van der Waals surface area contributed by atoms with Crippen LogP contribution in [0.15, 0.2) is 18.2 Å². The van der Waals surface area contributed by atoms with Gasteiger partial charge < -0.3 is 15.8 Å². The van der Waals surface area contributed by atoms with Crippen LogP contribution in [0.1, 0.15) is 48.5 Å². The zero-order chi connectivity index (χ0) is 15.2. The van der Waals surface area contributed by atoms with E-state index in [4.69, 9.17) is 10.5 Å². The van der Waals surface area contributed by atoms with Gasteiger partial charge in [0.15, 0.2) is 0 Å². The fourth-order valence-corrected chi connectivity index (χ4v) is 2.88. The highest BCUT2D eigenvalue weighted by atomic mass is 16.5. The molecule has 1 fully saturated rings. The van der Waals surface area contributed by atoms with Gasteiger partial charge in [-0.15, -0.1) is 0 Å². The van der Waals surface area contributed by atoms with E-state index in [0.29, 0.717) is 36.4 Å². The molecular formula is C17H26N2O2. The minimum atomic E-state index is -0.0832. The molecule has 1 aromatic rings. The molecule has 0 heterocycles. The minimum Gasteiger partial charge on any atom is -0.399 e. The van der Waals surface area contributed by atoms with Crippen LogP contribution in [-0.2, 0) is 4.74 Å². The van der Waals surface area contributed by atoms with Gasteiger partial charge >= 0.3 is 0 Å². The van der Waals surface area contributed by atoms with E-state index >= 15 is 0 Å². The first kappa shape index (κ1) is 15.8. The maximum atomic E-state index is 12.1. The molecule has 1 aromatic carbocycles. The monoisotopic (exact) mass is 290 g/mol. The molecular weight excluding hydrogens is 264 g/mol. The highest BCUT2D eigenvalue weighted by Crippen LogP contribution is 2.25. The lowest BCUT2D eigenvalue weighted by Gasteiger charge is -2.28. The summed E-state index contributed by atoms with van der Waals surface area (Å²) in [6, 6.07) is 5.39. The van der Waals surface area contributed by atoms with Crippen molar-refractivity contribution in [2.45, 2.75) is 45.6 Å². The first-order chi connectivity index (χ1) is 10.1. The number of benzene rings is 1. The molecule has 2 rings (SSSR count). The smallest absolute Gasteiger partial charge is 0.251 e. The summed E-state index contributed by atoms with van der Waals surface area (Å²) in [4.78, 5) is 12.1. The van der Waals surface area contributed by atoms with Gasteiger partial charge in [-0.25, -0.2) is 0 Å². The number of hydrogen-bond donors (Lipinski definition) is 2. The summed E-state index contributed by atoms with van der Waals surface area (Å²) in [7, 11) is 0. The maximum Gasteiger partial charge on any atom is 0.251 e. The summed E-state index contributed by atoms with van der Waals surface area (Å²) >= 11 is 0. The number of nitrogens with two attached hydrogens (primary N) is 1. The molecule has 1 amide bonds. The van der Waals surface area contributed by atoms with E-state index in [1.54, 1.807) is 12.1 Å². The fraction of sp³-hybridized carbons (Fsp3) is 0.588. The van der Waals surface area contributed by atoms with Crippen molar-refractivity contribution in [1.29, 1.82) is 0 Å². The van der Waals surface area contributed by atoms with Gasteiger partial charge in [0.1, 0.15) is 0 Å². The first-order valence-corrected chi connectivity index (χ1v) is 7.84. The van der Waals surface area contributed by atoms with Crippen molar-refractivity contribution in [2.24, 2.45) is 5.92 Å². The maximum absolute atomic E-state index is 12.1. The van der Waals surface area contributed by atoms with Crippen molar-refractivity contribution in [2.75, 3.05) is 18.9 Å². The Morgan fingerprint density at radius 3 is 2.90 bits per heavy atom. The van der Waals surface area contributed by atoms with Crippen molar-refractivity contribution in [1.82, 2.24) is 5.32 Å². The predicted octanol–water partition coefficient (Wildman–Crippen LogP) is 2.90. The molecule has 1 aliphatic rings. The Morgan fingerprint density at radius 2 is 2.14 bits per heavy atom. The highest BCUT2D eigenvalue weighted by molar-refractivity contribution is 5.96. The summed E-state index contributed by atoms with van der Waals surface area (Å²) in [6.07, 6.45) is 5.31. The summed E-state index contributed by atoms with van der Waals surface area (Å²) in [5.74, 6) is 0.547. The largest absolute Gasteiger partial charge is 0.399 e. The number of hydrogen-bond acceptors (Lipinski definition) is 3. The Morgan fingerprint density at radius 1 is 1.38 bits per heavy atom. The third kappa shape index (κ3) is 4.46. The molecule has 0 spiro atoms. The molecule has 1 aliphatic carbocycles. The lowest BCUT2D eigenvalue weighted by molar-refractivity contribution is -0.00294. The summed E-state index contributed by atoms with van der Waals surface area (Å²) in [6.45, 7) is 5.27. The quantitative estimate of drug-likeness (QED) is 0.647. The normalized spacial score (nSPS) is 22.0. The Kier molecular flexibility index (Phi) is 5.62. The molecule has 116 valence electrons. The molecule has 21 heavy (non-hydrogen) atoms. The van der Waals surface area contributed by atoms with E-state index in [9.17, 15) is 4.79 Å². The molecule has 0 radical (unpaired) electrons. The zero-order valence-electron chi connectivity index (χ0n) is 13.0. The third-order valence-electron chi connectivity index (χ3n) is 4.26. The second-order valence-corrected chi connectivity index (χ2v) is 6.00. The van der Waals surface area contributed by atoms with Gasteiger partial charge in [-0.3, -0.25) is 4.79 Å². The Bertz CT molecular complexity index is 488. The van der Waals surface area contributed by atoms with Gasteiger partial charge in [-0.2, -0.15) is 0 Å². The molecule has 0 bridgehead atoms. The standard InChI is InChI=1S/C17H26N2O2/c1-12-7-8-14(18)11-15(12)17(20)19-9-10-21-16-6-4-3-5-13(16)2/h7-8,11,13,16H,3-6,9-10,18H2,1-2H3,(H,19,20). The van der Waals surface area contributed by atoms with Crippen LogP contribution in [0.3, 0.4) is 0 Å². The van der Waals surface area contributed by atoms with Crippen LogP contribution < -0.4 is 11.1 Å². The van der Waals surface area contributed by atoms with Crippen molar-refractivity contribution >= 4 is 11.6 Å². The Hall–Kier alpha value is -1.55. The number of carbonyl (C=O) groups is 1. The van der Waals surface area contributed by atoms with Crippen LogP contribution in [-0.4, -0.2) is 25.2 Å². The second-order valence-electron chi connectivity index (χ2n) is 6.00. The minimum absolute atomic E-state index is 0.0832. The summed E-state index contributed by atoms with van der Waals surface area (Å²) < 4.78 is 5.90. The number of carbonyl (C=O) groups excluding carboxylic acids is 1. The fourth-order valence-electron chi connectivity index (χ4n) is 2.88. The van der Waals surface area contributed by atoms with Crippen LogP contribution in [0.4, 0.5) is 5.69 Å². The van der Waals surface area contributed by atoms with Crippen molar-refractivity contribution in [3.8, 4) is 0 Å². The summed E-state index contributed by atoms with van der Waals surface area (Å²) in [5.41, 5.74) is 7.91. The zero-order valence-corrected chi connectivity index (χ0v) is 13.0. The van der Waals surface area contributed by atoms with Crippen molar-refractivity contribution < 1.29 is 9.53 Å². The number of ether oxygens (including phenoxy) is 1. The van der Waals surface area contributed by atoms with Gasteiger partial charge in [-0.1, -0.05) is 25.8 Å². The van der Waals surface area contributed by atoms with E-state index in [1.807, 2.05) is 13.0 Å². The number of rotatable bonds is 5. The third-order valence-corrected chi connectivity index (χ3v) is 4.26. The molecule has 3 N–H and O–H groups in total. The molecule has 2 atom stereocenters. The van der Waals surface area contributed by atoms with E-state index in [0.717, 1.165) is 12.0 Å². The molecule has 4 heteroatoms. The second kappa shape index (κ2) is 7.46. The summed E-state index contributed by atoms with van der Waals surface area (Å²) in [5, 5.41) is 2.90. The molecule has 0 saturated heterocycles. The van der Waals surface area contributed by atoms with Crippen molar-refractivity contribution in [3.63, 3.8) is 0 Å². The molecule has 0 aromatic heterocycles. The predicted molar refractivity (Wildman–Crippen MR) is 85.3 cm³/mol. The average molecular weight is 290 g/mol. The number of nitrogens with one attached hydrogen (secondary N) is 1. The van der Waals surface area contributed by atoms with Gasteiger partial charge in [0.2, 0.25) is 0 Å². The van der Waals surface area contributed by atoms with E-state index < -0.39 is 0 Å². The highest BCUT2D eigenvalue weighted by Gasteiger charge is 2.21. The lowest BCUT2D eigenvalue weighted by atomic mass is 9.88. The molecule has 1 saturated carbocycles. The van der Waals surface area contributed by atoms with Gasteiger partial charge in [0.05, 0.1) is 12.7 Å². The van der Waals surface area contributed by atoms with Crippen LogP contribution in [0, 0.1) is 12.8 Å². The van der Waals surface area contributed by atoms with Crippen LogP contribution in [0.25, 0.3) is 0 Å². The topological polar surface area (TPSA) is 64.4 Å². The van der Waals surface area contributed by atoms with Gasteiger partial charge in [0.25, 0.3) is 5.91 Å². The number of nitrogen functional groups attached to an aromatic ring is 1. The number of anilines is 1. The Balaban J connectivity index is 1.75. The lowest BCUT2D eigenvalue weighted by Crippen LogP contribution is -2.32. The van der Waals surface area contributed by atoms with E-state index in [-0.39, 0.29) is 5.91 Å². The van der Waals surface area contributed by atoms with Crippen LogP contribution in [0.5, 0.6) is 0 Å². The van der Waals surface area contributed by atoms with Crippen molar-refractivity contribution in [3.05, 3.63) is 29.3 Å². The van der Waals surface area contributed by atoms with E-state index in [1.165, 1.54) is 19.3 Å². The SMILES string of the molecule is Cc1ccc(N)cc1C(=O)NCCOC1CCCCC1C. The first-order valence-electron chi connectivity index (χ1n) is 7.84. The molecule has 2 unspecified atom stereocenters. The number of aryl methyl sites for hydroxylation is 1. The average Bonchev–Trinajstić information content (AvgIpc) is 2.47. The van der Waals surface area contributed by atoms with Gasteiger partial charge in [-0.05, 0) is 43.4 Å². The van der Waals surface area contributed by atoms with Crippen LogP contribution >= 0.6 is 0 Å². The van der Waals surface area contributed by atoms with E-state index in [2.05, 4.69) is 12.2 Å². The Labute approximate surface area is 127 Å². The molecule has 4 nitrogen and oxygen atoms in total. The van der Waals surface area contributed by atoms with Gasteiger partial charge in [0, 0.05) is 17.8 Å². The molecule has 0 aliphatic heterocycles. The number of amides is 1.